The first kappa shape index (κ1) is 13.0. The molecule has 7 heteroatoms. The van der Waals surface area contributed by atoms with Gasteiger partial charge < -0.3 is 5.73 Å². The Bertz CT molecular complexity index is 573. The van der Waals surface area contributed by atoms with Crippen molar-refractivity contribution >= 4 is 15.9 Å². The summed E-state index contributed by atoms with van der Waals surface area (Å²) in [5.74, 6) is -1.53. The standard InChI is InChI=1S/C11H13FN2O3S/c12-8-4-1-2-6-10(8)18(16,17)14-7-3-5-9(14)11(13)15/h1-2,4,6,9H,3,5,7H2,(H2,13,15). The fourth-order valence-corrected chi connectivity index (χ4v) is 3.82. The molecule has 0 spiro atoms. The number of nitrogens with zero attached hydrogens (tertiary/aromatic N) is 1. The molecule has 2 N–H and O–H groups in total. The topological polar surface area (TPSA) is 80.5 Å². The maximum Gasteiger partial charge on any atom is 0.246 e. The average molecular weight is 272 g/mol. The molecular weight excluding hydrogens is 259 g/mol. The number of carbonyl (C=O) groups excluding carboxylic acids is 1. The molecule has 0 aromatic heterocycles. The van der Waals surface area contributed by atoms with Crippen molar-refractivity contribution in [2.45, 2.75) is 23.8 Å². The lowest BCUT2D eigenvalue weighted by molar-refractivity contribution is -0.121. The molecule has 0 radical (unpaired) electrons. The monoisotopic (exact) mass is 272 g/mol. The first-order chi connectivity index (χ1) is 8.44. The molecular formula is C11H13FN2O3S. The molecule has 1 saturated heterocycles. The minimum Gasteiger partial charge on any atom is -0.368 e. The smallest absolute Gasteiger partial charge is 0.246 e. The zero-order valence-electron chi connectivity index (χ0n) is 9.54. The summed E-state index contributed by atoms with van der Waals surface area (Å²) in [6, 6.07) is 4.22. The largest absolute Gasteiger partial charge is 0.368 e. The van der Waals surface area contributed by atoms with Crippen LogP contribution in [0, 0.1) is 5.82 Å². The third-order valence-corrected chi connectivity index (χ3v) is 4.90. The number of sulfonamides is 1. The second-order valence-electron chi connectivity index (χ2n) is 4.11. The van der Waals surface area contributed by atoms with Crippen molar-refractivity contribution in [3.8, 4) is 0 Å². The van der Waals surface area contributed by atoms with E-state index < -0.39 is 32.7 Å². The highest BCUT2D eigenvalue weighted by Gasteiger charge is 2.39. The van der Waals surface area contributed by atoms with E-state index in [1.54, 1.807) is 0 Å². The Kier molecular flexibility index (Phi) is 3.36. The summed E-state index contributed by atoms with van der Waals surface area (Å²) in [6.07, 6.45) is 0.921. The Balaban J connectivity index is 2.43. The van der Waals surface area contributed by atoms with Gasteiger partial charge in [0.1, 0.15) is 16.8 Å². The second kappa shape index (κ2) is 4.66. The summed E-state index contributed by atoms with van der Waals surface area (Å²) in [7, 11) is -4.01. The number of halogens is 1. The molecule has 1 heterocycles. The zero-order valence-corrected chi connectivity index (χ0v) is 10.4. The Morgan fingerprint density at radius 2 is 2.06 bits per heavy atom. The maximum absolute atomic E-state index is 13.5. The minimum atomic E-state index is -4.01. The number of primary amides is 1. The third kappa shape index (κ3) is 2.11. The number of hydrogen-bond donors (Lipinski definition) is 1. The van der Waals surface area contributed by atoms with Crippen LogP contribution in [0.3, 0.4) is 0 Å². The molecule has 98 valence electrons. The number of amides is 1. The van der Waals surface area contributed by atoms with Crippen LogP contribution < -0.4 is 5.73 Å². The highest BCUT2D eigenvalue weighted by Crippen LogP contribution is 2.27. The van der Waals surface area contributed by atoms with E-state index in [4.69, 9.17) is 5.73 Å². The second-order valence-corrected chi connectivity index (χ2v) is 5.97. The van der Waals surface area contributed by atoms with Gasteiger partial charge in [0, 0.05) is 6.54 Å². The van der Waals surface area contributed by atoms with Crippen molar-refractivity contribution in [3.63, 3.8) is 0 Å². The zero-order chi connectivity index (χ0) is 13.3. The Morgan fingerprint density at radius 3 is 2.67 bits per heavy atom. The van der Waals surface area contributed by atoms with E-state index >= 15 is 0 Å². The predicted molar refractivity (Wildman–Crippen MR) is 62.5 cm³/mol. The summed E-state index contributed by atoms with van der Waals surface area (Å²) in [5.41, 5.74) is 5.16. The van der Waals surface area contributed by atoms with Gasteiger partial charge >= 0.3 is 0 Å². The summed E-state index contributed by atoms with van der Waals surface area (Å²) < 4.78 is 39.0. The number of carbonyl (C=O) groups is 1. The minimum absolute atomic E-state index is 0.185. The van der Waals surface area contributed by atoms with Crippen molar-refractivity contribution in [2.24, 2.45) is 5.73 Å². The number of nitrogens with two attached hydrogens (primary N) is 1. The van der Waals surface area contributed by atoms with Crippen LogP contribution in [0.5, 0.6) is 0 Å². The van der Waals surface area contributed by atoms with Crippen molar-refractivity contribution in [3.05, 3.63) is 30.1 Å². The molecule has 5 nitrogen and oxygen atoms in total. The lowest BCUT2D eigenvalue weighted by atomic mass is 10.2. The van der Waals surface area contributed by atoms with Crippen LogP contribution in [-0.2, 0) is 14.8 Å². The van der Waals surface area contributed by atoms with E-state index in [0.717, 1.165) is 10.4 Å². The van der Waals surface area contributed by atoms with Crippen molar-refractivity contribution < 1.29 is 17.6 Å². The quantitative estimate of drug-likeness (QED) is 0.868. The lowest BCUT2D eigenvalue weighted by Gasteiger charge is -2.21. The molecule has 1 aromatic carbocycles. The van der Waals surface area contributed by atoms with Crippen LogP contribution in [0.2, 0.25) is 0 Å². The highest BCUT2D eigenvalue weighted by molar-refractivity contribution is 7.89. The molecule has 1 amide bonds. The average Bonchev–Trinajstić information content (AvgIpc) is 2.78. The van der Waals surface area contributed by atoms with E-state index in [-0.39, 0.29) is 6.54 Å². The van der Waals surface area contributed by atoms with Gasteiger partial charge in [-0.05, 0) is 25.0 Å². The molecule has 2 rings (SSSR count). The van der Waals surface area contributed by atoms with Gasteiger partial charge in [-0.15, -0.1) is 0 Å². The van der Waals surface area contributed by atoms with Gasteiger partial charge in [0.25, 0.3) is 0 Å². The molecule has 1 aromatic rings. The van der Waals surface area contributed by atoms with E-state index in [1.807, 2.05) is 0 Å². The van der Waals surface area contributed by atoms with Crippen LogP contribution in [0.15, 0.2) is 29.2 Å². The van der Waals surface area contributed by atoms with E-state index in [2.05, 4.69) is 0 Å². The van der Waals surface area contributed by atoms with Gasteiger partial charge in [0.05, 0.1) is 0 Å². The van der Waals surface area contributed by atoms with Crippen LogP contribution in [0.25, 0.3) is 0 Å². The lowest BCUT2D eigenvalue weighted by Crippen LogP contribution is -2.43. The fraction of sp³-hybridized carbons (Fsp3) is 0.364. The molecule has 1 atom stereocenters. The molecule has 1 aliphatic rings. The molecule has 0 aliphatic carbocycles. The first-order valence-electron chi connectivity index (χ1n) is 5.50. The van der Waals surface area contributed by atoms with E-state index in [1.165, 1.54) is 18.2 Å². The normalized spacial score (nSPS) is 21.1. The van der Waals surface area contributed by atoms with Gasteiger partial charge in [-0.2, -0.15) is 4.31 Å². The van der Waals surface area contributed by atoms with Gasteiger partial charge in [0.2, 0.25) is 15.9 Å². The molecule has 1 unspecified atom stereocenters. The number of benzene rings is 1. The summed E-state index contributed by atoms with van der Waals surface area (Å²) in [5, 5.41) is 0. The Labute approximate surface area is 104 Å². The Hall–Kier alpha value is -1.47. The van der Waals surface area contributed by atoms with Crippen LogP contribution in [0.4, 0.5) is 4.39 Å². The summed E-state index contributed by atoms with van der Waals surface area (Å²) in [6.45, 7) is 0.185. The molecule has 18 heavy (non-hydrogen) atoms. The van der Waals surface area contributed by atoms with Gasteiger partial charge in [0.15, 0.2) is 0 Å². The van der Waals surface area contributed by atoms with Gasteiger partial charge in [-0.1, -0.05) is 12.1 Å². The SMILES string of the molecule is NC(=O)C1CCCN1S(=O)(=O)c1ccccc1F. The highest BCUT2D eigenvalue weighted by atomic mass is 32.2. The molecule has 1 fully saturated rings. The summed E-state index contributed by atoms with van der Waals surface area (Å²) in [4.78, 5) is 10.8. The van der Waals surface area contributed by atoms with Crippen LogP contribution in [0.1, 0.15) is 12.8 Å². The Morgan fingerprint density at radius 1 is 1.39 bits per heavy atom. The van der Waals surface area contributed by atoms with Crippen LogP contribution >= 0.6 is 0 Å². The predicted octanol–water partition coefficient (Wildman–Crippen LogP) is 0.464. The van der Waals surface area contributed by atoms with Gasteiger partial charge in [-0.25, -0.2) is 12.8 Å². The van der Waals surface area contributed by atoms with Crippen LogP contribution in [-0.4, -0.2) is 31.2 Å². The number of rotatable bonds is 3. The fourth-order valence-electron chi connectivity index (χ4n) is 2.09. The van der Waals surface area contributed by atoms with E-state index in [9.17, 15) is 17.6 Å². The molecule has 0 saturated carbocycles. The molecule has 1 aliphatic heterocycles. The van der Waals surface area contributed by atoms with E-state index in [0.29, 0.717) is 12.8 Å². The van der Waals surface area contributed by atoms with Crippen molar-refractivity contribution in [2.75, 3.05) is 6.54 Å². The van der Waals surface area contributed by atoms with Gasteiger partial charge in [-0.3, -0.25) is 4.79 Å². The van der Waals surface area contributed by atoms with Crippen molar-refractivity contribution in [1.82, 2.24) is 4.31 Å². The first-order valence-corrected chi connectivity index (χ1v) is 6.94. The third-order valence-electron chi connectivity index (χ3n) is 2.96. The van der Waals surface area contributed by atoms with Crippen molar-refractivity contribution in [1.29, 1.82) is 0 Å². The summed E-state index contributed by atoms with van der Waals surface area (Å²) >= 11 is 0. The number of hydrogen-bond acceptors (Lipinski definition) is 3. The molecule has 0 bridgehead atoms. The maximum atomic E-state index is 13.5.